The van der Waals surface area contributed by atoms with Crippen LogP contribution in [-0.2, 0) is 5.41 Å². The van der Waals surface area contributed by atoms with Gasteiger partial charge in [-0.05, 0) is 19.8 Å². The Labute approximate surface area is 102 Å². The van der Waals surface area contributed by atoms with E-state index in [1.807, 2.05) is 6.92 Å². The van der Waals surface area contributed by atoms with Gasteiger partial charge in [0.05, 0.1) is 5.69 Å². The lowest BCUT2D eigenvalue weighted by atomic mass is 9.77. The molecule has 0 saturated carbocycles. The summed E-state index contributed by atoms with van der Waals surface area (Å²) in [5, 5.41) is -0.286. The Bertz CT molecular complexity index is 335. The fourth-order valence-corrected chi connectivity index (χ4v) is 3.18. The third-order valence-corrected chi connectivity index (χ3v) is 3.99. The maximum Gasteiger partial charge on any atom is 0.269 e. The van der Waals surface area contributed by atoms with Gasteiger partial charge in [-0.3, -0.25) is 0 Å². The first-order valence-corrected chi connectivity index (χ1v) is 6.98. The summed E-state index contributed by atoms with van der Waals surface area (Å²) in [4.78, 5) is 5.15. The second-order valence-electron chi connectivity index (χ2n) is 4.79. The van der Waals surface area contributed by atoms with Gasteiger partial charge in [-0.25, -0.2) is 4.98 Å². The van der Waals surface area contributed by atoms with Crippen LogP contribution in [0.5, 0.6) is 0 Å². The molecule has 92 valence electrons. The summed E-state index contributed by atoms with van der Waals surface area (Å²) in [6.45, 7) is 8.59. The summed E-state index contributed by atoms with van der Waals surface area (Å²) in [5.41, 5.74) is 1.06. The Balaban J connectivity index is 2.95. The Morgan fingerprint density at radius 3 is 2.38 bits per heavy atom. The van der Waals surface area contributed by atoms with Gasteiger partial charge in [0, 0.05) is 10.3 Å². The normalized spacial score (nSPS) is 15.1. The Kier molecular flexibility index (Phi) is 4.90. The molecular weight excluding hydrogens is 221 g/mol. The number of halogens is 1. The van der Waals surface area contributed by atoms with Gasteiger partial charge in [-0.2, -0.15) is 4.39 Å². The van der Waals surface area contributed by atoms with Gasteiger partial charge in [0.1, 0.15) is 0 Å². The molecule has 0 aliphatic rings. The molecule has 1 aromatic rings. The van der Waals surface area contributed by atoms with E-state index in [1.54, 1.807) is 0 Å². The lowest BCUT2D eigenvalue weighted by molar-refractivity contribution is 0.369. The zero-order valence-corrected chi connectivity index (χ0v) is 11.6. The number of unbranched alkanes of at least 4 members (excludes halogenated alkanes) is 1. The second-order valence-corrected chi connectivity index (χ2v) is 5.94. The van der Waals surface area contributed by atoms with Gasteiger partial charge in [-0.1, -0.05) is 51.4 Å². The zero-order chi connectivity index (χ0) is 12.2. The molecule has 1 atom stereocenters. The van der Waals surface area contributed by atoms with Crippen molar-refractivity contribution in [3.8, 4) is 0 Å². The molecule has 1 rings (SSSR count). The number of aromatic nitrogens is 1. The van der Waals surface area contributed by atoms with E-state index in [-0.39, 0.29) is 10.7 Å². The van der Waals surface area contributed by atoms with Crippen LogP contribution < -0.4 is 0 Å². The lowest BCUT2D eigenvalue weighted by Crippen LogP contribution is -2.23. The number of thiazole rings is 1. The number of hydrogen-bond donors (Lipinski definition) is 0. The molecule has 1 heterocycles. The van der Waals surface area contributed by atoms with Crippen LogP contribution >= 0.6 is 11.3 Å². The maximum atomic E-state index is 13.2. The molecule has 1 aromatic heterocycles. The molecule has 0 amide bonds. The molecule has 0 aromatic carbocycles. The van der Waals surface area contributed by atoms with Crippen LogP contribution in [0.2, 0.25) is 0 Å². The van der Waals surface area contributed by atoms with Crippen molar-refractivity contribution in [2.24, 2.45) is 0 Å². The molecule has 0 radical (unpaired) electrons. The van der Waals surface area contributed by atoms with Crippen LogP contribution in [0.15, 0.2) is 0 Å². The minimum Gasteiger partial charge on any atom is -0.214 e. The van der Waals surface area contributed by atoms with Gasteiger partial charge in [0.2, 0.25) is 0 Å². The van der Waals surface area contributed by atoms with E-state index in [4.69, 9.17) is 0 Å². The molecule has 1 unspecified atom stereocenters. The average molecular weight is 243 g/mol. The van der Waals surface area contributed by atoms with Gasteiger partial charge in [-0.15, -0.1) is 0 Å². The predicted molar refractivity (Wildman–Crippen MR) is 68.6 cm³/mol. The fourth-order valence-electron chi connectivity index (χ4n) is 2.40. The van der Waals surface area contributed by atoms with Crippen molar-refractivity contribution in [3.63, 3.8) is 0 Å². The molecule has 0 aliphatic carbocycles. The molecule has 0 fully saturated rings. The highest BCUT2D eigenvalue weighted by Crippen LogP contribution is 2.37. The van der Waals surface area contributed by atoms with E-state index in [0.29, 0.717) is 0 Å². The highest BCUT2D eigenvalue weighted by Gasteiger charge is 2.30. The minimum atomic E-state index is -0.286. The van der Waals surface area contributed by atoms with Crippen molar-refractivity contribution in [1.82, 2.24) is 4.98 Å². The van der Waals surface area contributed by atoms with E-state index < -0.39 is 0 Å². The standard InChI is InChI=1S/C13H22FNS/c1-5-7-9-13(4,8-6-2)11-10(3)16-12(14)15-11/h5-9H2,1-4H3. The zero-order valence-electron chi connectivity index (χ0n) is 10.8. The van der Waals surface area contributed by atoms with Crippen molar-refractivity contribution < 1.29 is 4.39 Å². The second kappa shape index (κ2) is 5.76. The highest BCUT2D eigenvalue weighted by molar-refractivity contribution is 7.10. The summed E-state index contributed by atoms with van der Waals surface area (Å²) >= 11 is 1.18. The Morgan fingerprint density at radius 1 is 1.25 bits per heavy atom. The van der Waals surface area contributed by atoms with Crippen LogP contribution in [0.3, 0.4) is 0 Å². The minimum absolute atomic E-state index is 0.0652. The van der Waals surface area contributed by atoms with Gasteiger partial charge < -0.3 is 0 Å². The van der Waals surface area contributed by atoms with E-state index >= 15 is 0 Å². The van der Waals surface area contributed by atoms with Crippen molar-refractivity contribution in [2.75, 3.05) is 0 Å². The van der Waals surface area contributed by atoms with Crippen molar-refractivity contribution in [2.45, 2.75) is 65.2 Å². The smallest absolute Gasteiger partial charge is 0.214 e. The van der Waals surface area contributed by atoms with E-state index in [9.17, 15) is 4.39 Å². The predicted octanol–water partition coefficient (Wildman–Crippen LogP) is 4.84. The summed E-state index contributed by atoms with van der Waals surface area (Å²) in [6.07, 6.45) is 5.71. The van der Waals surface area contributed by atoms with Gasteiger partial charge >= 0.3 is 0 Å². The summed E-state index contributed by atoms with van der Waals surface area (Å²) < 4.78 is 13.2. The Morgan fingerprint density at radius 2 is 1.94 bits per heavy atom. The lowest BCUT2D eigenvalue weighted by Gasteiger charge is -2.28. The molecule has 0 bridgehead atoms. The fraction of sp³-hybridized carbons (Fsp3) is 0.769. The van der Waals surface area contributed by atoms with Gasteiger partial charge in [0.15, 0.2) is 0 Å². The average Bonchev–Trinajstić information content (AvgIpc) is 2.56. The van der Waals surface area contributed by atoms with Gasteiger partial charge in [0.25, 0.3) is 5.26 Å². The molecule has 0 saturated heterocycles. The number of nitrogens with zero attached hydrogens (tertiary/aromatic N) is 1. The topological polar surface area (TPSA) is 12.9 Å². The van der Waals surface area contributed by atoms with E-state index in [2.05, 4.69) is 25.8 Å². The van der Waals surface area contributed by atoms with Crippen molar-refractivity contribution in [1.29, 1.82) is 0 Å². The molecule has 0 N–H and O–H groups in total. The van der Waals surface area contributed by atoms with E-state index in [1.165, 1.54) is 24.2 Å². The number of rotatable bonds is 6. The SMILES string of the molecule is CCCCC(C)(CCC)c1nc(F)sc1C. The van der Waals surface area contributed by atoms with Crippen LogP contribution in [0.4, 0.5) is 4.39 Å². The molecular formula is C13H22FNS. The first-order valence-electron chi connectivity index (χ1n) is 6.17. The van der Waals surface area contributed by atoms with Crippen LogP contribution in [-0.4, -0.2) is 4.98 Å². The van der Waals surface area contributed by atoms with Crippen LogP contribution in [0.1, 0.15) is 63.4 Å². The summed E-state index contributed by atoms with van der Waals surface area (Å²) in [7, 11) is 0. The summed E-state index contributed by atoms with van der Waals surface area (Å²) in [5.74, 6) is 0. The molecule has 16 heavy (non-hydrogen) atoms. The number of aryl methyl sites for hydroxylation is 1. The summed E-state index contributed by atoms with van der Waals surface area (Å²) in [6, 6.07) is 0. The Hall–Kier alpha value is -0.440. The third-order valence-electron chi connectivity index (χ3n) is 3.23. The molecule has 3 heteroatoms. The van der Waals surface area contributed by atoms with Crippen LogP contribution in [0, 0.1) is 12.2 Å². The maximum absolute atomic E-state index is 13.2. The van der Waals surface area contributed by atoms with Crippen molar-refractivity contribution in [3.05, 3.63) is 15.8 Å². The molecule has 0 aliphatic heterocycles. The van der Waals surface area contributed by atoms with Crippen molar-refractivity contribution >= 4 is 11.3 Å². The first-order chi connectivity index (χ1) is 7.53. The quantitative estimate of drug-likeness (QED) is 0.696. The highest BCUT2D eigenvalue weighted by atomic mass is 32.1. The third kappa shape index (κ3) is 3.03. The molecule has 0 spiro atoms. The molecule has 1 nitrogen and oxygen atoms in total. The monoisotopic (exact) mass is 243 g/mol. The van der Waals surface area contributed by atoms with Crippen LogP contribution in [0.25, 0.3) is 0 Å². The van der Waals surface area contributed by atoms with E-state index in [0.717, 1.165) is 29.8 Å². The number of hydrogen-bond acceptors (Lipinski definition) is 2. The first kappa shape index (κ1) is 13.6. The largest absolute Gasteiger partial charge is 0.269 e.